The molecule has 7 heteroatoms. The Morgan fingerprint density at radius 1 is 1.10 bits per heavy atom. The van der Waals surface area contributed by atoms with Crippen molar-refractivity contribution < 1.29 is 0 Å². The van der Waals surface area contributed by atoms with Gasteiger partial charge in [-0.1, -0.05) is 17.3 Å². The highest BCUT2D eigenvalue weighted by Crippen LogP contribution is 2.12. The van der Waals surface area contributed by atoms with Crippen molar-refractivity contribution in [2.45, 2.75) is 6.67 Å². The summed E-state index contributed by atoms with van der Waals surface area (Å²) in [6.07, 6.45) is 1.68. The van der Waals surface area contributed by atoms with E-state index in [1.807, 2.05) is 36.4 Å². The highest BCUT2D eigenvalue weighted by atomic mass is 16.1. The number of aromatic nitrogens is 6. The highest BCUT2D eigenvalue weighted by molar-refractivity contribution is 5.74. The standard InChI is InChI=1S/C14H12N6O/c1-18-13-12(7-4-8-15-13)19(14(18)21)9-20-11-6-3-2-5-10(11)16-17-20/h2-8H,9H2,1H3. The molecule has 0 aliphatic carbocycles. The summed E-state index contributed by atoms with van der Waals surface area (Å²) >= 11 is 0. The van der Waals surface area contributed by atoms with Gasteiger partial charge < -0.3 is 0 Å². The molecule has 104 valence electrons. The summed E-state index contributed by atoms with van der Waals surface area (Å²) < 4.78 is 4.89. The van der Waals surface area contributed by atoms with Gasteiger partial charge in [0, 0.05) is 13.2 Å². The van der Waals surface area contributed by atoms with Gasteiger partial charge in [-0.05, 0) is 24.3 Å². The molecule has 0 spiro atoms. The molecule has 0 saturated carbocycles. The highest BCUT2D eigenvalue weighted by Gasteiger charge is 2.13. The molecule has 0 unspecified atom stereocenters. The number of rotatable bonds is 2. The van der Waals surface area contributed by atoms with E-state index in [2.05, 4.69) is 15.3 Å². The van der Waals surface area contributed by atoms with Crippen LogP contribution in [0.3, 0.4) is 0 Å². The first kappa shape index (κ1) is 11.8. The minimum Gasteiger partial charge on any atom is -0.279 e. The van der Waals surface area contributed by atoms with E-state index in [0.717, 1.165) is 16.6 Å². The summed E-state index contributed by atoms with van der Waals surface area (Å²) in [7, 11) is 1.72. The van der Waals surface area contributed by atoms with Crippen LogP contribution in [0.5, 0.6) is 0 Å². The molecule has 1 aromatic carbocycles. The SMILES string of the molecule is Cn1c(=O)n(Cn2nnc3ccccc32)c2cccnc21. The summed E-state index contributed by atoms with van der Waals surface area (Å²) in [6.45, 7) is 0.308. The van der Waals surface area contributed by atoms with Crippen molar-refractivity contribution in [1.29, 1.82) is 0 Å². The van der Waals surface area contributed by atoms with Crippen LogP contribution in [-0.4, -0.2) is 29.1 Å². The van der Waals surface area contributed by atoms with Crippen molar-refractivity contribution in [3.05, 3.63) is 53.1 Å². The van der Waals surface area contributed by atoms with Crippen molar-refractivity contribution in [2.24, 2.45) is 7.05 Å². The summed E-state index contributed by atoms with van der Waals surface area (Å²) in [4.78, 5) is 16.6. The minimum absolute atomic E-state index is 0.122. The van der Waals surface area contributed by atoms with Gasteiger partial charge in [0.25, 0.3) is 0 Å². The van der Waals surface area contributed by atoms with Crippen molar-refractivity contribution in [3.63, 3.8) is 0 Å². The number of para-hydroxylation sites is 1. The second-order valence-corrected chi connectivity index (χ2v) is 4.83. The number of aryl methyl sites for hydroxylation is 1. The molecule has 0 fully saturated rings. The molecule has 21 heavy (non-hydrogen) atoms. The minimum atomic E-state index is -0.122. The van der Waals surface area contributed by atoms with Crippen LogP contribution in [0.25, 0.3) is 22.2 Å². The summed E-state index contributed by atoms with van der Waals surface area (Å²) in [5.41, 5.74) is 3.02. The predicted molar refractivity (Wildman–Crippen MR) is 77.9 cm³/mol. The van der Waals surface area contributed by atoms with Gasteiger partial charge in [-0.25, -0.2) is 14.5 Å². The van der Waals surface area contributed by atoms with E-state index < -0.39 is 0 Å². The second kappa shape index (κ2) is 4.27. The van der Waals surface area contributed by atoms with Crippen molar-refractivity contribution in [2.75, 3.05) is 0 Å². The maximum atomic E-state index is 12.4. The molecule has 3 heterocycles. The number of benzene rings is 1. The molecule has 0 N–H and O–H groups in total. The zero-order chi connectivity index (χ0) is 14.4. The van der Waals surface area contributed by atoms with Crippen molar-refractivity contribution in [1.82, 2.24) is 29.1 Å². The molecule has 0 radical (unpaired) electrons. The van der Waals surface area contributed by atoms with E-state index in [-0.39, 0.29) is 5.69 Å². The van der Waals surface area contributed by atoms with Crippen LogP contribution < -0.4 is 5.69 Å². The molecule has 3 aromatic heterocycles. The van der Waals surface area contributed by atoms with Crippen LogP contribution >= 0.6 is 0 Å². The second-order valence-electron chi connectivity index (χ2n) is 4.83. The molecule has 7 nitrogen and oxygen atoms in total. The van der Waals surface area contributed by atoms with Crippen molar-refractivity contribution in [3.8, 4) is 0 Å². The Morgan fingerprint density at radius 2 is 1.90 bits per heavy atom. The van der Waals surface area contributed by atoms with E-state index >= 15 is 0 Å². The first-order chi connectivity index (χ1) is 10.3. The van der Waals surface area contributed by atoms with Gasteiger partial charge >= 0.3 is 5.69 Å². The van der Waals surface area contributed by atoms with Crippen LogP contribution in [0.15, 0.2) is 47.4 Å². The van der Waals surface area contributed by atoms with E-state index in [9.17, 15) is 4.79 Å². The molecule has 4 aromatic rings. The first-order valence-corrected chi connectivity index (χ1v) is 6.54. The normalized spacial score (nSPS) is 11.5. The predicted octanol–water partition coefficient (Wildman–Crippen LogP) is 0.985. The van der Waals surface area contributed by atoms with E-state index in [4.69, 9.17) is 0 Å². The quantitative estimate of drug-likeness (QED) is 0.549. The zero-order valence-electron chi connectivity index (χ0n) is 11.3. The molecule has 4 rings (SSSR count). The van der Waals surface area contributed by atoms with Gasteiger partial charge in [-0.15, -0.1) is 5.10 Å². The largest absolute Gasteiger partial charge is 0.331 e. The molecule has 0 amide bonds. The van der Waals surface area contributed by atoms with Crippen LogP contribution in [0, 0.1) is 0 Å². The monoisotopic (exact) mass is 280 g/mol. The van der Waals surface area contributed by atoms with Crippen LogP contribution in [0.1, 0.15) is 0 Å². The Balaban J connectivity index is 1.92. The van der Waals surface area contributed by atoms with E-state index in [0.29, 0.717) is 12.3 Å². The lowest BCUT2D eigenvalue weighted by Crippen LogP contribution is -2.25. The Hall–Kier alpha value is -2.96. The Labute approximate surface area is 119 Å². The van der Waals surface area contributed by atoms with E-state index in [1.54, 1.807) is 22.5 Å². The fourth-order valence-electron chi connectivity index (χ4n) is 2.52. The topological polar surface area (TPSA) is 70.5 Å². The maximum absolute atomic E-state index is 12.4. The molecular formula is C14H12N6O. The number of nitrogens with zero attached hydrogens (tertiary/aromatic N) is 6. The van der Waals surface area contributed by atoms with Crippen molar-refractivity contribution >= 4 is 22.2 Å². The van der Waals surface area contributed by atoms with Crippen LogP contribution in [0.2, 0.25) is 0 Å². The number of pyridine rings is 1. The molecule has 0 saturated heterocycles. The molecule has 0 aliphatic heterocycles. The Morgan fingerprint density at radius 3 is 2.81 bits per heavy atom. The number of hydrogen-bond donors (Lipinski definition) is 0. The molecule has 0 aliphatic rings. The lowest BCUT2D eigenvalue weighted by atomic mass is 10.3. The lowest BCUT2D eigenvalue weighted by molar-refractivity contribution is 0.536. The average molecular weight is 280 g/mol. The van der Waals surface area contributed by atoms with Gasteiger partial charge in [0.15, 0.2) is 5.65 Å². The molecular weight excluding hydrogens is 268 g/mol. The number of fused-ring (bicyclic) bond motifs is 2. The third-order valence-electron chi connectivity index (χ3n) is 3.59. The Bertz CT molecular complexity index is 1010. The maximum Gasteiger partial charge on any atom is 0.331 e. The fraction of sp³-hybridized carbons (Fsp3) is 0.143. The van der Waals surface area contributed by atoms with Gasteiger partial charge in [-0.3, -0.25) is 9.13 Å². The first-order valence-electron chi connectivity index (χ1n) is 6.54. The van der Waals surface area contributed by atoms with Crippen LogP contribution in [-0.2, 0) is 13.7 Å². The van der Waals surface area contributed by atoms with Crippen LogP contribution in [0.4, 0.5) is 0 Å². The average Bonchev–Trinajstić information content (AvgIpc) is 3.04. The van der Waals surface area contributed by atoms with Gasteiger partial charge in [0.05, 0.1) is 11.0 Å². The molecule has 0 atom stereocenters. The third kappa shape index (κ3) is 1.67. The fourth-order valence-corrected chi connectivity index (χ4v) is 2.52. The Kier molecular flexibility index (Phi) is 2.41. The van der Waals surface area contributed by atoms with Gasteiger partial charge in [0.1, 0.15) is 12.2 Å². The third-order valence-corrected chi connectivity index (χ3v) is 3.59. The summed E-state index contributed by atoms with van der Waals surface area (Å²) in [5, 5.41) is 8.23. The molecule has 0 bridgehead atoms. The summed E-state index contributed by atoms with van der Waals surface area (Å²) in [6, 6.07) is 11.4. The van der Waals surface area contributed by atoms with E-state index in [1.165, 1.54) is 4.57 Å². The van der Waals surface area contributed by atoms with Gasteiger partial charge in [0.2, 0.25) is 0 Å². The smallest absolute Gasteiger partial charge is 0.279 e. The summed E-state index contributed by atoms with van der Waals surface area (Å²) in [5.74, 6) is 0. The zero-order valence-corrected chi connectivity index (χ0v) is 11.3. The number of imidazole rings is 1. The van der Waals surface area contributed by atoms with Gasteiger partial charge in [-0.2, -0.15) is 0 Å². The lowest BCUT2D eigenvalue weighted by Gasteiger charge is -2.03. The number of hydrogen-bond acceptors (Lipinski definition) is 4.